The van der Waals surface area contributed by atoms with E-state index in [1.807, 2.05) is 6.07 Å². The summed E-state index contributed by atoms with van der Waals surface area (Å²) in [7, 11) is 1.75. The zero-order valence-electron chi connectivity index (χ0n) is 10.9. The quantitative estimate of drug-likeness (QED) is 0.781. The van der Waals surface area contributed by atoms with Crippen LogP contribution in [0, 0.1) is 5.92 Å². The van der Waals surface area contributed by atoms with E-state index in [-0.39, 0.29) is 0 Å². The SMILES string of the molecule is CCCNC(Cc1ccccc1OC)C1CC1. The highest BCUT2D eigenvalue weighted by molar-refractivity contribution is 5.34. The predicted molar refractivity (Wildman–Crippen MR) is 71.5 cm³/mol. The third kappa shape index (κ3) is 3.47. The minimum atomic E-state index is 0.631. The highest BCUT2D eigenvalue weighted by Crippen LogP contribution is 2.35. The Kier molecular flexibility index (Phi) is 4.43. The normalized spacial score (nSPS) is 16.8. The molecule has 0 radical (unpaired) electrons. The summed E-state index contributed by atoms with van der Waals surface area (Å²) in [6.45, 7) is 3.34. The van der Waals surface area contributed by atoms with E-state index in [9.17, 15) is 0 Å². The van der Waals surface area contributed by atoms with Crippen molar-refractivity contribution >= 4 is 0 Å². The Morgan fingerprint density at radius 2 is 2.12 bits per heavy atom. The van der Waals surface area contributed by atoms with Crippen LogP contribution in [0.15, 0.2) is 24.3 Å². The Morgan fingerprint density at radius 3 is 2.76 bits per heavy atom. The molecule has 1 aromatic carbocycles. The molecule has 1 saturated carbocycles. The first-order chi connectivity index (χ1) is 8.35. The summed E-state index contributed by atoms with van der Waals surface area (Å²) in [4.78, 5) is 0. The van der Waals surface area contributed by atoms with E-state index in [0.29, 0.717) is 6.04 Å². The lowest BCUT2D eigenvalue weighted by Crippen LogP contribution is -2.33. The molecule has 1 atom stereocenters. The van der Waals surface area contributed by atoms with Crippen LogP contribution >= 0.6 is 0 Å². The number of ether oxygens (including phenoxy) is 1. The van der Waals surface area contributed by atoms with Crippen molar-refractivity contribution in [3.05, 3.63) is 29.8 Å². The lowest BCUT2D eigenvalue weighted by Gasteiger charge is -2.19. The molecule has 1 unspecified atom stereocenters. The minimum absolute atomic E-state index is 0.631. The summed E-state index contributed by atoms with van der Waals surface area (Å²) >= 11 is 0. The first-order valence-corrected chi connectivity index (χ1v) is 6.70. The molecule has 0 amide bonds. The van der Waals surface area contributed by atoms with E-state index in [1.54, 1.807) is 7.11 Å². The number of benzene rings is 1. The number of hydrogen-bond donors (Lipinski definition) is 1. The lowest BCUT2D eigenvalue weighted by molar-refractivity contribution is 0.399. The summed E-state index contributed by atoms with van der Waals surface area (Å²) in [5.74, 6) is 1.91. The van der Waals surface area contributed by atoms with Crippen LogP contribution < -0.4 is 10.1 Å². The molecule has 17 heavy (non-hydrogen) atoms. The second-order valence-corrected chi connectivity index (χ2v) is 4.91. The largest absolute Gasteiger partial charge is 0.496 e. The smallest absolute Gasteiger partial charge is 0.122 e. The number of rotatable bonds is 7. The maximum Gasteiger partial charge on any atom is 0.122 e. The minimum Gasteiger partial charge on any atom is -0.496 e. The average molecular weight is 233 g/mol. The van der Waals surface area contributed by atoms with Gasteiger partial charge in [-0.05, 0) is 49.8 Å². The number of para-hydroxylation sites is 1. The fraction of sp³-hybridized carbons (Fsp3) is 0.600. The summed E-state index contributed by atoms with van der Waals surface area (Å²) in [5.41, 5.74) is 1.33. The third-order valence-corrected chi connectivity index (χ3v) is 3.48. The molecule has 1 aromatic rings. The Hall–Kier alpha value is -1.02. The standard InChI is InChI=1S/C15H23NO/c1-3-10-16-14(12-8-9-12)11-13-6-4-5-7-15(13)17-2/h4-7,12,14,16H,3,8-11H2,1-2H3. The number of methoxy groups -OCH3 is 1. The molecule has 1 aliphatic rings. The molecule has 0 saturated heterocycles. The molecule has 0 spiro atoms. The van der Waals surface area contributed by atoms with Gasteiger partial charge in [-0.25, -0.2) is 0 Å². The van der Waals surface area contributed by atoms with Gasteiger partial charge in [0.1, 0.15) is 5.75 Å². The van der Waals surface area contributed by atoms with Gasteiger partial charge in [-0.1, -0.05) is 25.1 Å². The molecule has 1 N–H and O–H groups in total. The predicted octanol–water partition coefficient (Wildman–Crippen LogP) is 3.02. The fourth-order valence-electron chi connectivity index (χ4n) is 2.34. The molecule has 1 aliphatic carbocycles. The van der Waals surface area contributed by atoms with Crippen LogP contribution in [-0.4, -0.2) is 19.7 Å². The molecular formula is C15H23NO. The Labute approximate surface area is 104 Å². The van der Waals surface area contributed by atoms with Gasteiger partial charge in [0.25, 0.3) is 0 Å². The van der Waals surface area contributed by atoms with Crippen LogP contribution in [0.1, 0.15) is 31.7 Å². The Bertz CT molecular complexity index is 347. The second kappa shape index (κ2) is 6.06. The van der Waals surface area contributed by atoms with Crippen LogP contribution in [0.25, 0.3) is 0 Å². The maximum atomic E-state index is 5.42. The van der Waals surface area contributed by atoms with Crippen molar-refractivity contribution in [2.24, 2.45) is 5.92 Å². The van der Waals surface area contributed by atoms with E-state index in [0.717, 1.165) is 24.6 Å². The van der Waals surface area contributed by atoms with Gasteiger partial charge in [0.05, 0.1) is 7.11 Å². The molecule has 0 aromatic heterocycles. The van der Waals surface area contributed by atoms with Crippen molar-refractivity contribution in [3.63, 3.8) is 0 Å². The van der Waals surface area contributed by atoms with Gasteiger partial charge in [-0.3, -0.25) is 0 Å². The monoisotopic (exact) mass is 233 g/mol. The lowest BCUT2D eigenvalue weighted by atomic mass is 10.0. The van der Waals surface area contributed by atoms with Crippen molar-refractivity contribution < 1.29 is 4.74 Å². The van der Waals surface area contributed by atoms with Crippen LogP contribution in [0.2, 0.25) is 0 Å². The molecule has 0 bridgehead atoms. The average Bonchev–Trinajstić information content (AvgIpc) is 3.19. The van der Waals surface area contributed by atoms with Crippen molar-refractivity contribution in [1.82, 2.24) is 5.32 Å². The van der Waals surface area contributed by atoms with Crippen LogP contribution in [0.5, 0.6) is 5.75 Å². The van der Waals surface area contributed by atoms with E-state index in [1.165, 1.54) is 24.8 Å². The first-order valence-electron chi connectivity index (χ1n) is 6.70. The fourth-order valence-corrected chi connectivity index (χ4v) is 2.34. The number of hydrogen-bond acceptors (Lipinski definition) is 2. The topological polar surface area (TPSA) is 21.3 Å². The molecule has 1 fully saturated rings. The van der Waals surface area contributed by atoms with Gasteiger partial charge < -0.3 is 10.1 Å². The van der Waals surface area contributed by atoms with Crippen molar-refractivity contribution in [3.8, 4) is 5.75 Å². The van der Waals surface area contributed by atoms with Crippen molar-refractivity contribution in [1.29, 1.82) is 0 Å². The van der Waals surface area contributed by atoms with Gasteiger partial charge in [0.2, 0.25) is 0 Å². The van der Waals surface area contributed by atoms with E-state index in [4.69, 9.17) is 4.74 Å². The van der Waals surface area contributed by atoms with Gasteiger partial charge in [-0.2, -0.15) is 0 Å². The zero-order valence-corrected chi connectivity index (χ0v) is 10.9. The molecule has 0 aliphatic heterocycles. The van der Waals surface area contributed by atoms with E-state index < -0.39 is 0 Å². The van der Waals surface area contributed by atoms with Gasteiger partial charge >= 0.3 is 0 Å². The van der Waals surface area contributed by atoms with Crippen LogP contribution in [-0.2, 0) is 6.42 Å². The molecular weight excluding hydrogens is 210 g/mol. The number of nitrogens with one attached hydrogen (secondary N) is 1. The molecule has 2 nitrogen and oxygen atoms in total. The highest BCUT2D eigenvalue weighted by Gasteiger charge is 2.31. The van der Waals surface area contributed by atoms with Gasteiger partial charge in [0, 0.05) is 6.04 Å². The van der Waals surface area contributed by atoms with Crippen molar-refractivity contribution in [2.75, 3.05) is 13.7 Å². The maximum absolute atomic E-state index is 5.42. The van der Waals surface area contributed by atoms with E-state index >= 15 is 0 Å². The van der Waals surface area contributed by atoms with Crippen LogP contribution in [0.3, 0.4) is 0 Å². The first kappa shape index (κ1) is 12.4. The molecule has 0 heterocycles. The zero-order chi connectivity index (χ0) is 12.1. The molecule has 2 heteroatoms. The van der Waals surface area contributed by atoms with Gasteiger partial charge in [-0.15, -0.1) is 0 Å². The summed E-state index contributed by atoms with van der Waals surface area (Å²) in [5, 5.41) is 3.68. The van der Waals surface area contributed by atoms with Gasteiger partial charge in [0.15, 0.2) is 0 Å². The molecule has 2 rings (SSSR count). The highest BCUT2D eigenvalue weighted by atomic mass is 16.5. The van der Waals surface area contributed by atoms with E-state index in [2.05, 4.69) is 30.4 Å². The third-order valence-electron chi connectivity index (χ3n) is 3.48. The Morgan fingerprint density at radius 1 is 1.35 bits per heavy atom. The summed E-state index contributed by atoms with van der Waals surface area (Å²) < 4.78 is 5.42. The van der Waals surface area contributed by atoms with Crippen molar-refractivity contribution in [2.45, 2.75) is 38.6 Å². The summed E-state index contributed by atoms with van der Waals surface area (Å²) in [6.07, 6.45) is 5.07. The summed E-state index contributed by atoms with van der Waals surface area (Å²) in [6, 6.07) is 9.00. The second-order valence-electron chi connectivity index (χ2n) is 4.91. The Balaban J connectivity index is 2.00. The molecule has 94 valence electrons. The van der Waals surface area contributed by atoms with Crippen LogP contribution in [0.4, 0.5) is 0 Å².